The van der Waals surface area contributed by atoms with Crippen LogP contribution in [0, 0.1) is 0 Å². The Morgan fingerprint density at radius 3 is 2.17 bits per heavy atom. The highest BCUT2D eigenvalue weighted by molar-refractivity contribution is 6.58. The topological polar surface area (TPSA) is 63.6 Å². The van der Waals surface area contributed by atoms with Crippen LogP contribution in [-0.2, 0) is 4.74 Å². The minimum atomic E-state index is -1.15. The van der Waals surface area contributed by atoms with E-state index in [-0.39, 0.29) is 11.3 Å². The molecule has 0 aliphatic carbocycles. The van der Waals surface area contributed by atoms with Crippen molar-refractivity contribution in [1.29, 1.82) is 0 Å². The van der Waals surface area contributed by atoms with Crippen LogP contribution in [0.5, 0.6) is 0 Å². The summed E-state index contributed by atoms with van der Waals surface area (Å²) < 4.78 is 5.30. The Morgan fingerprint density at radius 2 is 1.78 bits per heavy atom. The van der Waals surface area contributed by atoms with Crippen LogP contribution in [0.1, 0.15) is 20.7 Å². The van der Waals surface area contributed by atoms with E-state index in [4.69, 9.17) is 9.84 Å². The molecule has 1 aromatic rings. The first-order valence-electron chi connectivity index (χ1n) is 5.62. The molecule has 5 heteroatoms. The van der Waals surface area contributed by atoms with Crippen molar-refractivity contribution >= 4 is 20.7 Å². The number of carboxylic acid groups (broad SMARTS) is 1. The van der Waals surface area contributed by atoms with E-state index in [9.17, 15) is 9.59 Å². The van der Waals surface area contributed by atoms with Gasteiger partial charge in [0.2, 0.25) is 0 Å². The molecule has 0 saturated carbocycles. The van der Waals surface area contributed by atoms with Crippen LogP contribution in [0.3, 0.4) is 0 Å². The van der Waals surface area contributed by atoms with Crippen LogP contribution < -0.4 is 0 Å². The Bertz CT molecular complexity index is 451. The van der Waals surface area contributed by atoms with Gasteiger partial charge in [-0.3, -0.25) is 0 Å². The third kappa shape index (κ3) is 3.56. The predicted molar refractivity (Wildman–Crippen MR) is 71.7 cm³/mol. The van der Waals surface area contributed by atoms with E-state index in [0.717, 1.165) is 0 Å². The monoisotopic (exact) mass is 264 g/mol. The van der Waals surface area contributed by atoms with Gasteiger partial charge in [-0.15, -0.1) is 0 Å². The van der Waals surface area contributed by atoms with Gasteiger partial charge in [-0.05, 0) is 24.3 Å². The summed E-state index contributed by atoms with van der Waals surface area (Å²) in [5.74, 6) is -1.47. The summed E-state index contributed by atoms with van der Waals surface area (Å²) in [5, 5.41) is 8.75. The Labute approximate surface area is 108 Å². The Hall–Kier alpha value is -1.88. The maximum absolute atomic E-state index is 11.8. The van der Waals surface area contributed by atoms with E-state index in [1.807, 2.05) is 0 Å². The molecule has 0 fully saturated rings. The minimum absolute atomic E-state index is 0.144. The fourth-order valence-corrected chi connectivity index (χ4v) is 2.34. The van der Waals surface area contributed by atoms with Crippen molar-refractivity contribution in [1.82, 2.24) is 0 Å². The molecule has 1 rings (SSSR count). The molecular weight excluding hydrogens is 248 g/mol. The van der Waals surface area contributed by atoms with Crippen molar-refractivity contribution in [2.45, 2.75) is 18.8 Å². The van der Waals surface area contributed by atoms with Crippen LogP contribution in [0.2, 0.25) is 13.1 Å². The molecule has 1 atom stereocenters. The second-order valence-corrected chi connectivity index (χ2v) is 7.38. The number of carboxylic acids is 1. The second-order valence-electron chi connectivity index (χ2n) is 4.23. The lowest BCUT2D eigenvalue weighted by atomic mass is 10.1. The molecule has 0 bridgehead atoms. The third-order valence-electron chi connectivity index (χ3n) is 2.50. The van der Waals surface area contributed by atoms with Crippen LogP contribution >= 0.6 is 0 Å². The number of carbonyl (C=O) groups is 2. The second kappa shape index (κ2) is 6.16. The summed E-state index contributed by atoms with van der Waals surface area (Å²) in [7, 11) is -1.15. The first-order chi connectivity index (χ1) is 8.45. The van der Waals surface area contributed by atoms with Crippen molar-refractivity contribution < 1.29 is 19.4 Å². The molecule has 0 aliphatic rings. The van der Waals surface area contributed by atoms with Gasteiger partial charge < -0.3 is 9.84 Å². The number of ether oxygens (including phenoxy) is 1. The van der Waals surface area contributed by atoms with Gasteiger partial charge in [0.25, 0.3) is 0 Å². The highest BCUT2D eigenvalue weighted by Gasteiger charge is 2.17. The fraction of sp³-hybridized carbons (Fsp3) is 0.231. The molecule has 0 aromatic heterocycles. The van der Waals surface area contributed by atoms with E-state index < -0.39 is 20.7 Å². The number of hydrogen-bond donors (Lipinski definition) is 1. The molecule has 0 spiro atoms. The molecule has 0 radical (unpaired) electrons. The quantitative estimate of drug-likeness (QED) is 0.502. The molecule has 1 N–H and O–H groups in total. The van der Waals surface area contributed by atoms with Crippen LogP contribution in [0.15, 0.2) is 36.9 Å². The molecule has 0 aliphatic heterocycles. The van der Waals surface area contributed by atoms with E-state index >= 15 is 0 Å². The van der Waals surface area contributed by atoms with Crippen molar-refractivity contribution in [3.8, 4) is 0 Å². The summed E-state index contributed by atoms with van der Waals surface area (Å²) >= 11 is 0. The van der Waals surface area contributed by atoms with Gasteiger partial charge in [0.1, 0.15) is 5.73 Å². The van der Waals surface area contributed by atoms with Gasteiger partial charge in [-0.25, -0.2) is 9.59 Å². The number of hydrogen-bond acceptors (Lipinski definition) is 3. The summed E-state index contributed by atoms with van der Waals surface area (Å²) in [6, 6.07) is 5.67. The molecule has 4 nitrogen and oxygen atoms in total. The van der Waals surface area contributed by atoms with Crippen LogP contribution in [-0.4, -0.2) is 31.6 Å². The zero-order chi connectivity index (χ0) is 13.7. The predicted octanol–water partition coefficient (Wildman–Crippen LogP) is 2.12. The van der Waals surface area contributed by atoms with Gasteiger partial charge in [0.15, 0.2) is 0 Å². The highest BCUT2D eigenvalue weighted by Crippen LogP contribution is 2.09. The number of benzene rings is 1. The number of aromatic carboxylic acids is 1. The van der Waals surface area contributed by atoms with Gasteiger partial charge in [-0.1, -0.05) is 25.7 Å². The van der Waals surface area contributed by atoms with Gasteiger partial charge in [0.05, 0.1) is 19.9 Å². The summed E-state index contributed by atoms with van der Waals surface area (Å²) in [5.41, 5.74) is 0.281. The molecule has 18 heavy (non-hydrogen) atoms. The SMILES string of the molecule is C=CC(OC(=O)c1ccc(C(=O)O)cc1)[SiH](C)C. The standard InChI is InChI=1S/C13H16O4Si/c1-4-11(18(2)3)17-13(16)10-7-5-9(6-8-10)12(14)15/h4-8,11,18H,1H2,2-3H3,(H,14,15). The number of esters is 1. The molecule has 0 saturated heterocycles. The highest BCUT2D eigenvalue weighted by atomic mass is 28.3. The normalized spacial score (nSPS) is 11.9. The van der Waals surface area contributed by atoms with E-state index in [1.54, 1.807) is 6.08 Å². The van der Waals surface area contributed by atoms with E-state index in [0.29, 0.717) is 5.56 Å². The Balaban J connectivity index is 2.78. The number of carbonyl (C=O) groups excluding carboxylic acids is 1. The van der Waals surface area contributed by atoms with Gasteiger partial charge in [-0.2, -0.15) is 0 Å². The first kappa shape index (κ1) is 14.2. The van der Waals surface area contributed by atoms with Crippen molar-refractivity contribution in [2.24, 2.45) is 0 Å². The fourth-order valence-electron chi connectivity index (χ4n) is 1.40. The van der Waals surface area contributed by atoms with Crippen LogP contribution in [0.25, 0.3) is 0 Å². The molecule has 1 unspecified atom stereocenters. The lowest BCUT2D eigenvalue weighted by Gasteiger charge is -2.16. The lowest BCUT2D eigenvalue weighted by molar-refractivity contribution is 0.0493. The Morgan fingerprint density at radius 1 is 1.28 bits per heavy atom. The lowest BCUT2D eigenvalue weighted by Crippen LogP contribution is -2.28. The van der Waals surface area contributed by atoms with E-state index in [2.05, 4.69) is 19.7 Å². The summed E-state index contributed by atoms with van der Waals surface area (Å²) in [6.45, 7) is 7.77. The molecule has 1 aromatic carbocycles. The molecular formula is C13H16O4Si. The summed E-state index contributed by atoms with van der Waals surface area (Å²) in [4.78, 5) is 22.5. The zero-order valence-electron chi connectivity index (χ0n) is 10.4. The van der Waals surface area contributed by atoms with Gasteiger partial charge >= 0.3 is 11.9 Å². The smallest absolute Gasteiger partial charge is 0.338 e. The third-order valence-corrected chi connectivity index (χ3v) is 4.22. The maximum Gasteiger partial charge on any atom is 0.338 e. The largest absolute Gasteiger partial charge is 0.478 e. The van der Waals surface area contributed by atoms with Crippen molar-refractivity contribution in [3.63, 3.8) is 0 Å². The van der Waals surface area contributed by atoms with Crippen molar-refractivity contribution in [2.75, 3.05) is 0 Å². The van der Waals surface area contributed by atoms with Crippen LogP contribution in [0.4, 0.5) is 0 Å². The van der Waals surface area contributed by atoms with E-state index in [1.165, 1.54) is 24.3 Å². The molecule has 0 heterocycles. The molecule has 0 amide bonds. The average Bonchev–Trinajstić information content (AvgIpc) is 2.35. The zero-order valence-corrected chi connectivity index (χ0v) is 11.6. The summed E-state index contributed by atoms with van der Waals surface area (Å²) in [6.07, 6.45) is 1.64. The molecule has 96 valence electrons. The first-order valence-corrected chi connectivity index (χ1v) is 8.60. The maximum atomic E-state index is 11.8. The number of rotatable bonds is 5. The minimum Gasteiger partial charge on any atom is -0.478 e. The van der Waals surface area contributed by atoms with Crippen molar-refractivity contribution in [3.05, 3.63) is 48.0 Å². The van der Waals surface area contributed by atoms with Gasteiger partial charge in [0, 0.05) is 0 Å². The average molecular weight is 264 g/mol. The Kier molecular flexibility index (Phi) is 4.85.